The SMILES string of the molecule is N/C(=N\N=Cc1cc(Br)cc(Br)c1O)c1ccccn1. The second-order valence-electron chi connectivity index (χ2n) is 3.77. The maximum atomic E-state index is 9.85. The summed E-state index contributed by atoms with van der Waals surface area (Å²) >= 11 is 6.57. The molecular formula is C13H10Br2N4O. The van der Waals surface area contributed by atoms with E-state index in [-0.39, 0.29) is 11.6 Å². The minimum atomic E-state index is 0.0866. The van der Waals surface area contributed by atoms with Gasteiger partial charge >= 0.3 is 0 Å². The Morgan fingerprint density at radius 3 is 2.80 bits per heavy atom. The summed E-state index contributed by atoms with van der Waals surface area (Å²) in [5.74, 6) is 0.291. The van der Waals surface area contributed by atoms with Crippen molar-refractivity contribution < 1.29 is 5.11 Å². The van der Waals surface area contributed by atoms with E-state index < -0.39 is 0 Å². The molecule has 0 atom stereocenters. The van der Waals surface area contributed by atoms with Gasteiger partial charge in [-0.05, 0) is 40.2 Å². The van der Waals surface area contributed by atoms with Gasteiger partial charge in [-0.15, -0.1) is 5.10 Å². The van der Waals surface area contributed by atoms with E-state index in [0.29, 0.717) is 15.7 Å². The number of pyridine rings is 1. The van der Waals surface area contributed by atoms with Crippen LogP contribution in [0.1, 0.15) is 11.3 Å². The Hall–Kier alpha value is -1.73. The Kier molecular flexibility index (Phi) is 4.86. The average Bonchev–Trinajstić information content (AvgIpc) is 2.44. The van der Waals surface area contributed by atoms with Crippen molar-refractivity contribution in [2.45, 2.75) is 0 Å². The van der Waals surface area contributed by atoms with Gasteiger partial charge in [0.05, 0.1) is 10.7 Å². The number of phenols is 1. The van der Waals surface area contributed by atoms with Crippen molar-refractivity contribution in [3.8, 4) is 5.75 Å². The van der Waals surface area contributed by atoms with Crippen molar-refractivity contribution >= 4 is 43.9 Å². The molecule has 0 saturated carbocycles. The second-order valence-corrected chi connectivity index (χ2v) is 5.54. The highest BCUT2D eigenvalue weighted by Crippen LogP contribution is 2.30. The Morgan fingerprint density at radius 1 is 1.30 bits per heavy atom. The summed E-state index contributed by atoms with van der Waals surface area (Å²) in [7, 11) is 0. The number of phenolic OH excluding ortho intramolecular Hbond substituents is 1. The van der Waals surface area contributed by atoms with E-state index in [2.05, 4.69) is 47.0 Å². The van der Waals surface area contributed by atoms with Gasteiger partial charge < -0.3 is 10.8 Å². The van der Waals surface area contributed by atoms with Crippen LogP contribution in [0.4, 0.5) is 0 Å². The largest absolute Gasteiger partial charge is 0.506 e. The molecule has 0 unspecified atom stereocenters. The van der Waals surface area contributed by atoms with Crippen LogP contribution >= 0.6 is 31.9 Å². The van der Waals surface area contributed by atoms with E-state index >= 15 is 0 Å². The molecule has 5 nitrogen and oxygen atoms in total. The second kappa shape index (κ2) is 6.62. The lowest BCUT2D eigenvalue weighted by Crippen LogP contribution is -2.14. The molecule has 3 N–H and O–H groups in total. The Morgan fingerprint density at radius 2 is 2.10 bits per heavy atom. The minimum Gasteiger partial charge on any atom is -0.506 e. The zero-order chi connectivity index (χ0) is 14.5. The topological polar surface area (TPSA) is 83.9 Å². The summed E-state index contributed by atoms with van der Waals surface area (Å²) in [5, 5.41) is 17.6. The minimum absolute atomic E-state index is 0.0866. The lowest BCUT2D eigenvalue weighted by Gasteiger charge is -2.02. The summed E-state index contributed by atoms with van der Waals surface area (Å²) < 4.78 is 1.38. The van der Waals surface area contributed by atoms with Crippen molar-refractivity contribution in [3.63, 3.8) is 0 Å². The lowest BCUT2D eigenvalue weighted by molar-refractivity contribution is 0.471. The summed E-state index contributed by atoms with van der Waals surface area (Å²) in [5.41, 5.74) is 6.81. The van der Waals surface area contributed by atoms with Crippen molar-refractivity contribution in [1.82, 2.24) is 4.98 Å². The number of hydrogen-bond acceptors (Lipinski definition) is 4. The summed E-state index contributed by atoms with van der Waals surface area (Å²) in [4.78, 5) is 4.06. The van der Waals surface area contributed by atoms with Crippen molar-refractivity contribution in [2.24, 2.45) is 15.9 Å². The Balaban J connectivity index is 2.23. The molecule has 7 heteroatoms. The number of halogens is 2. The highest BCUT2D eigenvalue weighted by Gasteiger charge is 2.05. The van der Waals surface area contributed by atoms with Crippen LogP contribution in [-0.2, 0) is 0 Å². The predicted molar refractivity (Wildman–Crippen MR) is 86.1 cm³/mol. The average molecular weight is 398 g/mol. The van der Waals surface area contributed by atoms with Gasteiger partial charge in [-0.3, -0.25) is 4.98 Å². The fraction of sp³-hybridized carbons (Fsp3) is 0. The maximum absolute atomic E-state index is 9.85. The first-order valence-electron chi connectivity index (χ1n) is 5.54. The number of hydrogen-bond donors (Lipinski definition) is 2. The molecule has 20 heavy (non-hydrogen) atoms. The van der Waals surface area contributed by atoms with Crippen LogP contribution in [0.3, 0.4) is 0 Å². The van der Waals surface area contributed by atoms with Crippen LogP contribution in [0.25, 0.3) is 0 Å². The van der Waals surface area contributed by atoms with Crippen molar-refractivity contribution in [3.05, 3.63) is 56.7 Å². The highest BCUT2D eigenvalue weighted by molar-refractivity contribution is 9.11. The number of nitrogens with zero attached hydrogens (tertiary/aromatic N) is 3. The molecule has 0 fully saturated rings. The van der Waals surface area contributed by atoms with Crippen molar-refractivity contribution in [1.29, 1.82) is 0 Å². The number of amidine groups is 1. The van der Waals surface area contributed by atoms with Crippen LogP contribution in [-0.4, -0.2) is 22.1 Å². The zero-order valence-electron chi connectivity index (χ0n) is 10.2. The molecule has 0 aliphatic heterocycles. The van der Waals surface area contributed by atoms with E-state index in [4.69, 9.17) is 5.73 Å². The fourth-order valence-corrected chi connectivity index (χ4v) is 2.66. The quantitative estimate of drug-likeness (QED) is 0.474. The van der Waals surface area contributed by atoms with Crippen LogP contribution in [0.2, 0.25) is 0 Å². The molecule has 1 aromatic carbocycles. The standard InChI is InChI=1S/C13H10Br2N4O/c14-9-5-8(12(20)10(15)6-9)7-18-19-13(16)11-3-1-2-4-17-11/h1-7,20H,(H2,16,19). The van der Waals surface area contributed by atoms with Crippen LogP contribution < -0.4 is 5.73 Å². The van der Waals surface area contributed by atoms with Crippen LogP contribution in [0, 0.1) is 0 Å². The third kappa shape index (κ3) is 3.64. The summed E-state index contributed by atoms with van der Waals surface area (Å²) in [6.07, 6.45) is 3.04. The third-order valence-electron chi connectivity index (χ3n) is 2.35. The first-order chi connectivity index (χ1) is 9.58. The lowest BCUT2D eigenvalue weighted by atomic mass is 10.2. The molecule has 1 heterocycles. The maximum Gasteiger partial charge on any atom is 0.171 e. The number of rotatable bonds is 3. The van der Waals surface area contributed by atoms with Gasteiger partial charge in [-0.2, -0.15) is 5.10 Å². The van der Waals surface area contributed by atoms with Gasteiger partial charge in [0.2, 0.25) is 0 Å². The molecule has 2 rings (SSSR count). The van der Waals surface area contributed by atoms with Crippen LogP contribution in [0.15, 0.2) is 55.7 Å². The molecule has 102 valence electrons. The molecule has 0 radical (unpaired) electrons. The molecule has 0 bridgehead atoms. The van der Waals surface area contributed by atoms with Gasteiger partial charge in [0, 0.05) is 16.2 Å². The molecule has 0 saturated heterocycles. The van der Waals surface area contributed by atoms with Gasteiger partial charge in [0.25, 0.3) is 0 Å². The first kappa shape index (κ1) is 14.7. The van der Waals surface area contributed by atoms with Gasteiger partial charge in [-0.1, -0.05) is 22.0 Å². The van der Waals surface area contributed by atoms with E-state index in [9.17, 15) is 5.11 Å². The smallest absolute Gasteiger partial charge is 0.171 e. The number of nitrogens with two attached hydrogens (primary N) is 1. The normalized spacial score (nSPS) is 12.0. The highest BCUT2D eigenvalue weighted by atomic mass is 79.9. The molecule has 1 aromatic heterocycles. The van der Waals surface area contributed by atoms with Crippen LogP contribution in [0.5, 0.6) is 5.75 Å². The van der Waals surface area contributed by atoms with Gasteiger partial charge in [0.15, 0.2) is 5.84 Å². The van der Waals surface area contributed by atoms with E-state index in [0.717, 1.165) is 4.47 Å². The van der Waals surface area contributed by atoms with E-state index in [1.165, 1.54) is 6.21 Å². The monoisotopic (exact) mass is 396 g/mol. The summed E-state index contributed by atoms with van der Waals surface area (Å²) in [6, 6.07) is 8.79. The van der Waals surface area contributed by atoms with Gasteiger partial charge in [0.1, 0.15) is 11.4 Å². The Labute approximate surface area is 132 Å². The first-order valence-corrected chi connectivity index (χ1v) is 7.12. The number of benzene rings is 1. The predicted octanol–water partition coefficient (Wildman–Crippen LogP) is 3.05. The molecule has 0 amide bonds. The zero-order valence-corrected chi connectivity index (χ0v) is 13.3. The Bertz CT molecular complexity index is 672. The van der Waals surface area contributed by atoms with E-state index in [1.54, 1.807) is 30.5 Å². The molecular weight excluding hydrogens is 388 g/mol. The number of aromatic hydroxyl groups is 1. The summed E-state index contributed by atoms with van der Waals surface area (Å²) in [6.45, 7) is 0. The van der Waals surface area contributed by atoms with Crippen molar-refractivity contribution in [2.75, 3.05) is 0 Å². The number of aromatic nitrogens is 1. The third-order valence-corrected chi connectivity index (χ3v) is 3.41. The van der Waals surface area contributed by atoms with E-state index in [1.807, 2.05) is 6.07 Å². The molecule has 0 spiro atoms. The molecule has 0 aliphatic carbocycles. The molecule has 0 aliphatic rings. The fourth-order valence-electron chi connectivity index (χ4n) is 1.40. The molecule has 2 aromatic rings. The van der Waals surface area contributed by atoms with Gasteiger partial charge in [-0.25, -0.2) is 0 Å².